The number of imidazole rings is 1. The highest BCUT2D eigenvalue weighted by Gasteiger charge is 2.44. The Morgan fingerprint density at radius 3 is 2.75 bits per heavy atom. The van der Waals surface area contributed by atoms with Gasteiger partial charge in [0, 0.05) is 5.25 Å². The number of aromatic nitrogens is 4. The molecule has 3 heterocycles. The zero-order valence-electron chi connectivity index (χ0n) is 13.4. The summed E-state index contributed by atoms with van der Waals surface area (Å²) in [4.78, 5) is 12.8. The van der Waals surface area contributed by atoms with Crippen molar-refractivity contribution in [2.24, 2.45) is 0 Å². The molecule has 0 aliphatic carbocycles. The minimum atomic E-state index is -1.21. The van der Waals surface area contributed by atoms with Gasteiger partial charge in [0.25, 0.3) is 0 Å². The maximum atomic E-state index is 10.2. The molecule has 3 rings (SSSR count). The lowest BCUT2D eigenvalue weighted by Crippen LogP contribution is -2.33. The highest BCUT2D eigenvalue weighted by Crippen LogP contribution is 2.34. The molecule has 10 heteroatoms. The minimum absolute atomic E-state index is 0.0989. The number of nitrogens with zero attached hydrogens (tertiary/aromatic N) is 4. The first kappa shape index (κ1) is 17.4. The van der Waals surface area contributed by atoms with Crippen LogP contribution in [0.4, 0.5) is 5.95 Å². The summed E-state index contributed by atoms with van der Waals surface area (Å²) in [5, 5.41) is 30.4. The van der Waals surface area contributed by atoms with E-state index in [1.165, 1.54) is 10.9 Å². The van der Waals surface area contributed by atoms with Crippen LogP contribution in [-0.4, -0.2) is 65.0 Å². The van der Waals surface area contributed by atoms with Crippen molar-refractivity contribution in [1.82, 2.24) is 19.5 Å². The van der Waals surface area contributed by atoms with Crippen LogP contribution in [0.5, 0.6) is 0 Å². The maximum absolute atomic E-state index is 10.2. The van der Waals surface area contributed by atoms with E-state index >= 15 is 0 Å². The van der Waals surface area contributed by atoms with Crippen LogP contribution in [0.15, 0.2) is 11.4 Å². The van der Waals surface area contributed by atoms with Gasteiger partial charge in [-0.25, -0.2) is 9.97 Å². The Bertz CT molecular complexity index is 726. The van der Waals surface area contributed by atoms with E-state index in [9.17, 15) is 15.3 Å². The molecular weight excluding hydrogens is 334 g/mol. The summed E-state index contributed by atoms with van der Waals surface area (Å²) in [6.07, 6.45) is -1.73. The first-order valence-corrected chi connectivity index (χ1v) is 8.63. The molecule has 1 aliphatic rings. The molecule has 0 aromatic carbocycles. The molecule has 24 heavy (non-hydrogen) atoms. The van der Waals surface area contributed by atoms with Crippen LogP contribution in [0.3, 0.4) is 0 Å². The molecule has 5 N–H and O–H groups in total. The number of ether oxygens (including phenoxy) is 1. The fraction of sp³-hybridized carbons (Fsp3) is 0.643. The Labute approximate surface area is 142 Å². The van der Waals surface area contributed by atoms with Crippen molar-refractivity contribution in [2.75, 3.05) is 12.3 Å². The molecule has 1 aliphatic heterocycles. The van der Waals surface area contributed by atoms with Gasteiger partial charge in [0.15, 0.2) is 11.9 Å². The molecule has 1 unspecified atom stereocenters. The number of aliphatic hydroxyl groups excluding tert-OH is 3. The molecule has 0 amide bonds. The van der Waals surface area contributed by atoms with Gasteiger partial charge in [-0.05, 0) is 6.42 Å². The van der Waals surface area contributed by atoms with E-state index in [1.807, 2.05) is 0 Å². The molecule has 5 atom stereocenters. The van der Waals surface area contributed by atoms with Crippen LogP contribution in [-0.2, 0) is 4.74 Å². The second kappa shape index (κ2) is 6.81. The molecule has 1 saturated heterocycles. The Kier molecular flexibility index (Phi) is 4.92. The highest BCUT2D eigenvalue weighted by atomic mass is 32.2. The minimum Gasteiger partial charge on any atom is -0.394 e. The fourth-order valence-electron chi connectivity index (χ4n) is 2.56. The summed E-state index contributed by atoms with van der Waals surface area (Å²) in [7, 11) is 0. The lowest BCUT2D eigenvalue weighted by atomic mass is 10.1. The molecule has 1 fully saturated rings. The molecule has 0 bridgehead atoms. The Morgan fingerprint density at radius 1 is 1.38 bits per heavy atom. The van der Waals surface area contributed by atoms with Crippen LogP contribution in [0, 0.1) is 0 Å². The number of hydrogen-bond acceptors (Lipinski definition) is 9. The zero-order valence-corrected chi connectivity index (χ0v) is 14.2. The number of nitrogen functional groups attached to an aromatic ring is 1. The second-order valence-electron chi connectivity index (χ2n) is 5.78. The van der Waals surface area contributed by atoms with E-state index in [1.54, 1.807) is 11.8 Å². The number of fused-ring (bicyclic) bond motifs is 1. The highest BCUT2D eigenvalue weighted by molar-refractivity contribution is 8.00. The molecule has 0 spiro atoms. The van der Waals surface area contributed by atoms with Crippen LogP contribution in [0.2, 0.25) is 0 Å². The van der Waals surface area contributed by atoms with Gasteiger partial charge in [-0.1, -0.05) is 13.8 Å². The van der Waals surface area contributed by atoms with E-state index < -0.39 is 31.1 Å². The number of anilines is 1. The van der Waals surface area contributed by atoms with Crippen molar-refractivity contribution in [3.8, 4) is 0 Å². The van der Waals surface area contributed by atoms with Gasteiger partial charge < -0.3 is 25.8 Å². The van der Waals surface area contributed by atoms with Gasteiger partial charge in [0.1, 0.15) is 28.9 Å². The number of rotatable bonds is 5. The van der Waals surface area contributed by atoms with Crippen LogP contribution >= 0.6 is 11.8 Å². The average Bonchev–Trinajstić information content (AvgIpc) is 3.09. The van der Waals surface area contributed by atoms with Crippen molar-refractivity contribution in [3.63, 3.8) is 0 Å². The van der Waals surface area contributed by atoms with Gasteiger partial charge in [0.05, 0.1) is 12.9 Å². The number of thioether (sulfide) groups is 1. The summed E-state index contributed by atoms with van der Waals surface area (Å²) >= 11 is 1.55. The van der Waals surface area contributed by atoms with Gasteiger partial charge >= 0.3 is 0 Å². The van der Waals surface area contributed by atoms with Crippen molar-refractivity contribution in [1.29, 1.82) is 0 Å². The second-order valence-corrected chi connectivity index (χ2v) is 7.20. The third-order valence-corrected chi connectivity index (χ3v) is 5.33. The Balaban J connectivity index is 2.02. The largest absolute Gasteiger partial charge is 0.394 e. The monoisotopic (exact) mass is 355 g/mol. The Hall–Kier alpha value is -1.46. The van der Waals surface area contributed by atoms with Crippen LogP contribution in [0.25, 0.3) is 11.2 Å². The molecule has 0 saturated carbocycles. The smallest absolute Gasteiger partial charge is 0.223 e. The third kappa shape index (κ3) is 2.95. The van der Waals surface area contributed by atoms with E-state index in [0.29, 0.717) is 21.4 Å². The molecule has 2 aromatic heterocycles. The summed E-state index contributed by atoms with van der Waals surface area (Å²) in [5.74, 6) is 0.0989. The van der Waals surface area contributed by atoms with Gasteiger partial charge in [0.2, 0.25) is 5.95 Å². The van der Waals surface area contributed by atoms with E-state index in [4.69, 9.17) is 10.5 Å². The first-order valence-electron chi connectivity index (χ1n) is 7.75. The van der Waals surface area contributed by atoms with Crippen molar-refractivity contribution in [3.05, 3.63) is 6.33 Å². The topological polar surface area (TPSA) is 140 Å². The summed E-state index contributed by atoms with van der Waals surface area (Å²) in [6, 6.07) is 0. The molecular formula is C14H21N5O4S. The molecule has 132 valence electrons. The third-order valence-electron chi connectivity index (χ3n) is 4.09. The fourth-order valence-corrected chi connectivity index (χ4v) is 3.51. The summed E-state index contributed by atoms with van der Waals surface area (Å²) in [5.41, 5.74) is 6.80. The standard InChI is InChI=1S/C14H21N5O4S/c1-3-6(2)24-12-8-11(17-14(15)18-12)19(5-16-8)13-10(22)9(21)7(4-20)23-13/h5-7,9-10,13,20-22H,3-4H2,1-2H3,(H2,15,17,18)/t6?,7-,9-,10-,13-/m1/s1. The average molecular weight is 355 g/mol. The lowest BCUT2D eigenvalue weighted by Gasteiger charge is -2.16. The zero-order chi connectivity index (χ0) is 17.4. The van der Waals surface area contributed by atoms with Crippen LogP contribution < -0.4 is 5.73 Å². The number of nitrogens with two attached hydrogens (primary N) is 1. The number of aliphatic hydroxyl groups is 3. The molecule has 9 nitrogen and oxygen atoms in total. The predicted molar refractivity (Wildman–Crippen MR) is 88.4 cm³/mol. The van der Waals surface area contributed by atoms with E-state index in [0.717, 1.165) is 6.42 Å². The molecule has 0 radical (unpaired) electrons. The van der Waals surface area contributed by atoms with Crippen molar-refractivity contribution in [2.45, 2.75) is 55.1 Å². The summed E-state index contributed by atoms with van der Waals surface area (Å²) in [6.45, 7) is 3.77. The lowest BCUT2D eigenvalue weighted by molar-refractivity contribution is -0.0511. The van der Waals surface area contributed by atoms with Crippen molar-refractivity contribution < 1.29 is 20.1 Å². The summed E-state index contributed by atoms with van der Waals surface area (Å²) < 4.78 is 7.05. The van der Waals surface area contributed by atoms with Gasteiger partial charge in [-0.2, -0.15) is 4.98 Å². The van der Waals surface area contributed by atoms with Crippen molar-refractivity contribution >= 4 is 28.9 Å². The van der Waals surface area contributed by atoms with E-state index in [-0.39, 0.29) is 5.95 Å². The molecule has 2 aromatic rings. The number of hydrogen-bond donors (Lipinski definition) is 4. The quantitative estimate of drug-likeness (QED) is 0.428. The van der Waals surface area contributed by atoms with Crippen LogP contribution in [0.1, 0.15) is 26.5 Å². The maximum Gasteiger partial charge on any atom is 0.223 e. The van der Waals surface area contributed by atoms with Gasteiger partial charge in [-0.3, -0.25) is 4.57 Å². The SMILES string of the molecule is CCC(C)Sc1nc(N)nc2c1ncn2[C@@H]1O[C@H](CO)[C@@H](O)[C@H]1O. The predicted octanol–water partition coefficient (Wildman–Crippen LogP) is -0.0894. The Morgan fingerprint density at radius 2 is 2.12 bits per heavy atom. The van der Waals surface area contributed by atoms with Gasteiger partial charge in [-0.15, -0.1) is 11.8 Å². The first-order chi connectivity index (χ1) is 11.5. The van der Waals surface area contributed by atoms with E-state index in [2.05, 4.69) is 28.8 Å². The normalized spacial score (nSPS) is 28.5.